The first kappa shape index (κ1) is 28.7. The quantitative estimate of drug-likeness (QED) is 0.148. The second-order valence-corrected chi connectivity index (χ2v) is 15.5. The van der Waals surface area contributed by atoms with Crippen molar-refractivity contribution in [2.45, 2.75) is 68.1 Å². The number of nitrogens with one attached hydrogen (secondary N) is 1. The summed E-state index contributed by atoms with van der Waals surface area (Å²) in [5.41, 5.74) is 7.23. The van der Waals surface area contributed by atoms with Crippen molar-refractivity contribution in [1.29, 1.82) is 0 Å². The van der Waals surface area contributed by atoms with Crippen LogP contribution in [0.25, 0.3) is 5.57 Å². The highest BCUT2D eigenvalue weighted by molar-refractivity contribution is 7.89. The summed E-state index contributed by atoms with van der Waals surface area (Å²) < 4.78 is 72.5. The number of hydrazone groups is 1. The lowest BCUT2D eigenvalue weighted by molar-refractivity contribution is 0.431. The molecule has 0 aliphatic carbocycles. The van der Waals surface area contributed by atoms with Crippen LogP contribution in [0, 0.1) is 0 Å². The summed E-state index contributed by atoms with van der Waals surface area (Å²) in [6.07, 6.45) is 8.73. The largest absolute Gasteiger partial charge is 0.455 e. The highest BCUT2D eigenvalue weighted by Crippen LogP contribution is 2.49. The van der Waals surface area contributed by atoms with Gasteiger partial charge in [0.15, 0.2) is 0 Å². The van der Waals surface area contributed by atoms with Gasteiger partial charge in [0.05, 0.1) is 10.5 Å². The fourth-order valence-electron chi connectivity index (χ4n) is 8.08. The van der Waals surface area contributed by atoms with E-state index in [9.17, 15) is 21.4 Å². The van der Waals surface area contributed by atoms with E-state index in [-0.39, 0.29) is 15.4 Å². The van der Waals surface area contributed by atoms with Crippen LogP contribution in [0.4, 0.5) is 5.69 Å². The molecule has 8 rings (SSSR count). The maximum absolute atomic E-state index is 13.3. The SMILES string of the molecule is C/C=N/NS(=O)(=O)c1ccc(S(=O)(=O)O)c(C2=c3cc4c5c(c3Oc3c2cc2c6c3CCCN6CCC2)CCC[N+]=5CCC4)c1. The van der Waals surface area contributed by atoms with Gasteiger partial charge in [0.2, 0.25) is 5.36 Å². The zero-order valence-corrected chi connectivity index (χ0v) is 26.7. The number of benzene rings is 3. The second kappa shape index (κ2) is 10.4. The van der Waals surface area contributed by atoms with Gasteiger partial charge in [-0.1, -0.05) is 0 Å². The predicted molar refractivity (Wildman–Crippen MR) is 171 cm³/mol. The maximum atomic E-state index is 13.3. The molecule has 0 bridgehead atoms. The van der Waals surface area contributed by atoms with Crippen LogP contribution in [0.1, 0.15) is 66.0 Å². The lowest BCUT2D eigenvalue weighted by atomic mass is 9.82. The Balaban J connectivity index is 1.54. The number of hydrogen-bond donors (Lipinski definition) is 2. The molecule has 0 saturated heterocycles. The molecule has 5 heterocycles. The number of nitrogens with zero attached hydrogens (tertiary/aromatic N) is 3. The molecule has 0 aromatic heterocycles. The van der Waals surface area contributed by atoms with E-state index in [2.05, 4.69) is 31.5 Å². The number of hydrogen-bond acceptors (Lipinski definition) is 7. The smallest absolute Gasteiger partial charge is 0.295 e. The van der Waals surface area contributed by atoms with Crippen molar-refractivity contribution in [2.24, 2.45) is 5.10 Å². The van der Waals surface area contributed by atoms with Gasteiger partial charge in [0, 0.05) is 70.9 Å². The van der Waals surface area contributed by atoms with Crippen molar-refractivity contribution < 1.29 is 26.1 Å². The number of anilines is 1. The van der Waals surface area contributed by atoms with E-state index in [4.69, 9.17) is 4.74 Å². The third-order valence-electron chi connectivity index (χ3n) is 9.80. The van der Waals surface area contributed by atoms with Crippen molar-refractivity contribution in [1.82, 2.24) is 9.41 Å². The minimum Gasteiger partial charge on any atom is -0.455 e. The molecule has 0 atom stereocenters. The molecule has 0 fully saturated rings. The molecule has 12 heteroatoms. The molecule has 5 aliphatic rings. The van der Waals surface area contributed by atoms with Gasteiger partial charge in [0.1, 0.15) is 29.5 Å². The lowest BCUT2D eigenvalue weighted by Gasteiger charge is -2.39. The number of aryl methyl sites for hydroxylation is 2. The van der Waals surface area contributed by atoms with E-state index < -0.39 is 20.1 Å². The van der Waals surface area contributed by atoms with Crippen molar-refractivity contribution in [2.75, 3.05) is 31.1 Å². The molecule has 2 N–H and O–H groups in total. The third kappa shape index (κ3) is 4.51. The first-order valence-corrected chi connectivity index (χ1v) is 18.6. The van der Waals surface area contributed by atoms with Gasteiger partial charge >= 0.3 is 0 Å². The molecule has 10 nitrogen and oxygen atoms in total. The van der Waals surface area contributed by atoms with Gasteiger partial charge in [-0.3, -0.25) is 4.55 Å². The highest BCUT2D eigenvalue weighted by Gasteiger charge is 2.37. The maximum Gasteiger partial charge on any atom is 0.295 e. The Bertz CT molecular complexity index is 2190. The molecule has 0 saturated carbocycles. The summed E-state index contributed by atoms with van der Waals surface area (Å²) in [7, 11) is -8.88. The summed E-state index contributed by atoms with van der Waals surface area (Å²) in [5.74, 6) is 1.41. The lowest BCUT2D eigenvalue weighted by Crippen LogP contribution is -2.45. The van der Waals surface area contributed by atoms with E-state index >= 15 is 0 Å². The molecular formula is C33H35N4O6S2+. The molecule has 3 aromatic rings. The van der Waals surface area contributed by atoms with Crippen LogP contribution in [-0.2, 0) is 45.8 Å². The summed E-state index contributed by atoms with van der Waals surface area (Å²) in [5, 5.41) is 5.66. The predicted octanol–water partition coefficient (Wildman–Crippen LogP) is 2.65. The molecule has 0 amide bonds. The summed E-state index contributed by atoms with van der Waals surface area (Å²) in [4.78, 5) is 4.11. The van der Waals surface area contributed by atoms with Crippen LogP contribution in [-0.4, -0.2) is 53.8 Å². The second-order valence-electron chi connectivity index (χ2n) is 12.5. The minimum absolute atomic E-state index is 0.123. The van der Waals surface area contributed by atoms with Gasteiger partial charge < -0.3 is 9.64 Å². The van der Waals surface area contributed by atoms with E-state index in [1.54, 1.807) is 6.92 Å². The number of fused-ring (bicyclic) bond motifs is 4. The van der Waals surface area contributed by atoms with Crippen molar-refractivity contribution in [3.8, 4) is 11.5 Å². The molecule has 234 valence electrons. The van der Waals surface area contributed by atoms with Gasteiger partial charge in [0.25, 0.3) is 20.1 Å². The fourth-order valence-corrected chi connectivity index (χ4v) is 9.62. The average Bonchev–Trinajstić information content (AvgIpc) is 3.03. The van der Waals surface area contributed by atoms with E-state index in [1.807, 2.05) is 0 Å². The van der Waals surface area contributed by atoms with Gasteiger partial charge in [-0.05, 0) is 81.3 Å². The van der Waals surface area contributed by atoms with E-state index in [0.717, 1.165) is 99.5 Å². The zero-order valence-electron chi connectivity index (χ0n) is 25.1. The Hall–Kier alpha value is -3.74. The van der Waals surface area contributed by atoms with Crippen molar-refractivity contribution >= 4 is 37.6 Å². The topological polar surface area (TPSA) is 128 Å². The number of ether oxygens (including phenoxy) is 1. The first-order chi connectivity index (χ1) is 21.7. The standard InChI is InChI=1S/C33H34N4O6S2/c1-2-34-35-44(38,39)22-11-12-28(45(40,41)42)25(19-22)29-26-17-20-7-3-13-36-15-5-9-23(30(20)36)32(26)43-33-24-10-6-16-37-14-4-8-21(31(24)37)18-27(29)33/h2,11-12,17-19,35H,3-10,13-16H2,1H3/p+1/b34-2+. The summed E-state index contributed by atoms with van der Waals surface area (Å²) in [6.45, 7) is 5.53. The molecule has 0 radical (unpaired) electrons. The highest BCUT2D eigenvalue weighted by atomic mass is 32.2. The Morgan fingerprint density at radius 1 is 0.889 bits per heavy atom. The van der Waals surface area contributed by atoms with Crippen LogP contribution < -0.4 is 29.6 Å². The van der Waals surface area contributed by atoms with Crippen LogP contribution in [0.5, 0.6) is 11.5 Å². The average molecular weight is 648 g/mol. The Morgan fingerprint density at radius 3 is 2.40 bits per heavy atom. The molecule has 0 spiro atoms. The van der Waals surface area contributed by atoms with E-state index in [1.165, 1.54) is 46.6 Å². The molecule has 0 unspecified atom stereocenters. The Labute approximate surface area is 262 Å². The molecular weight excluding hydrogens is 613 g/mol. The van der Waals surface area contributed by atoms with Crippen molar-refractivity contribution in [3.05, 3.63) is 74.3 Å². The summed E-state index contributed by atoms with van der Waals surface area (Å²) >= 11 is 0. The number of sulfonamides is 1. The first-order valence-electron chi connectivity index (χ1n) is 15.7. The monoisotopic (exact) mass is 647 g/mol. The minimum atomic E-state index is -4.75. The molecule has 3 aromatic carbocycles. The summed E-state index contributed by atoms with van der Waals surface area (Å²) in [6, 6.07) is 7.92. The zero-order chi connectivity index (χ0) is 31.1. The van der Waals surface area contributed by atoms with Gasteiger partial charge in [-0.25, -0.2) is 9.41 Å². The molecule has 45 heavy (non-hydrogen) atoms. The van der Waals surface area contributed by atoms with E-state index in [0.29, 0.717) is 17.1 Å². The Kier molecular flexibility index (Phi) is 6.63. The molecule has 5 aliphatic heterocycles. The van der Waals surface area contributed by atoms with Crippen LogP contribution in [0.15, 0.2) is 45.2 Å². The Morgan fingerprint density at radius 2 is 1.62 bits per heavy atom. The van der Waals surface area contributed by atoms with Gasteiger partial charge in [-0.2, -0.15) is 21.9 Å². The van der Waals surface area contributed by atoms with Crippen LogP contribution in [0.2, 0.25) is 0 Å². The third-order valence-corrected chi connectivity index (χ3v) is 11.9. The number of rotatable bonds is 5. The van der Waals surface area contributed by atoms with Gasteiger partial charge in [-0.15, -0.1) is 0 Å². The normalized spacial score (nSPS) is 18.6. The van der Waals surface area contributed by atoms with Crippen LogP contribution >= 0.6 is 0 Å². The van der Waals surface area contributed by atoms with Crippen LogP contribution in [0.3, 0.4) is 0 Å². The van der Waals surface area contributed by atoms with Crippen molar-refractivity contribution in [3.63, 3.8) is 0 Å². The fraction of sp³-hybridized carbons (Fsp3) is 0.394.